The van der Waals surface area contributed by atoms with Crippen LogP contribution in [0.15, 0.2) is 6.20 Å². The average molecular weight is 261 g/mol. The lowest BCUT2D eigenvalue weighted by molar-refractivity contribution is -0.392. The van der Waals surface area contributed by atoms with Gasteiger partial charge in [0.15, 0.2) is 15.7 Å². The summed E-state index contributed by atoms with van der Waals surface area (Å²) < 4.78 is 24.3. The lowest BCUT2D eigenvalue weighted by atomic mass is 10.4. The van der Waals surface area contributed by atoms with Crippen LogP contribution in [-0.2, 0) is 9.84 Å². The van der Waals surface area contributed by atoms with Crippen LogP contribution in [0, 0.1) is 17.0 Å². The first-order valence-electron chi connectivity index (χ1n) is 5.17. The highest BCUT2D eigenvalue weighted by molar-refractivity contribution is 7.91. The fraction of sp³-hybridized carbons (Fsp3) is 0.667. The van der Waals surface area contributed by atoms with Crippen molar-refractivity contribution < 1.29 is 13.3 Å². The summed E-state index contributed by atoms with van der Waals surface area (Å²) in [7, 11) is -3.18. The third-order valence-electron chi connectivity index (χ3n) is 2.53. The molecule has 0 saturated heterocycles. The molecule has 1 atom stereocenters. The second kappa shape index (κ2) is 4.82. The molecule has 0 spiro atoms. The predicted molar refractivity (Wildman–Crippen MR) is 62.7 cm³/mol. The van der Waals surface area contributed by atoms with Crippen LogP contribution in [0.1, 0.15) is 25.7 Å². The average Bonchev–Trinajstić information content (AvgIpc) is 2.59. The van der Waals surface area contributed by atoms with E-state index in [1.807, 2.05) is 0 Å². The largest absolute Gasteiger partial charge is 0.358 e. The summed E-state index contributed by atoms with van der Waals surface area (Å²) in [6, 6.07) is -0.497. The van der Waals surface area contributed by atoms with Gasteiger partial charge in [0.1, 0.15) is 12.2 Å². The molecule has 7 nitrogen and oxygen atoms in total. The normalized spacial score (nSPS) is 13.6. The molecular weight excluding hydrogens is 246 g/mol. The summed E-state index contributed by atoms with van der Waals surface area (Å²) in [5.41, 5.74) is 0. The van der Waals surface area contributed by atoms with Crippen LogP contribution < -0.4 is 0 Å². The van der Waals surface area contributed by atoms with E-state index in [-0.39, 0.29) is 17.3 Å². The first-order valence-corrected chi connectivity index (χ1v) is 6.99. The molecule has 0 fully saturated rings. The Kier molecular flexibility index (Phi) is 3.87. The molecule has 1 unspecified atom stereocenters. The van der Waals surface area contributed by atoms with Crippen LogP contribution in [-0.4, -0.2) is 34.4 Å². The van der Waals surface area contributed by atoms with Crippen LogP contribution in [0.4, 0.5) is 5.82 Å². The van der Waals surface area contributed by atoms with E-state index < -0.39 is 20.8 Å². The van der Waals surface area contributed by atoms with E-state index in [1.54, 1.807) is 20.8 Å². The minimum atomic E-state index is -3.18. The van der Waals surface area contributed by atoms with Gasteiger partial charge in [0.25, 0.3) is 0 Å². The summed E-state index contributed by atoms with van der Waals surface area (Å²) in [4.78, 5) is 14.1. The quantitative estimate of drug-likeness (QED) is 0.584. The van der Waals surface area contributed by atoms with Gasteiger partial charge in [-0.25, -0.2) is 18.0 Å². The Hall–Kier alpha value is -1.44. The van der Waals surface area contributed by atoms with Crippen molar-refractivity contribution >= 4 is 15.7 Å². The molecule has 0 aliphatic rings. The van der Waals surface area contributed by atoms with E-state index in [0.717, 1.165) is 6.20 Å². The molecule has 8 heteroatoms. The lowest BCUT2D eigenvalue weighted by Crippen LogP contribution is -2.20. The van der Waals surface area contributed by atoms with E-state index in [1.165, 1.54) is 4.57 Å². The molecule has 96 valence electrons. The Morgan fingerprint density at radius 3 is 2.65 bits per heavy atom. The number of imidazole rings is 1. The fourth-order valence-electron chi connectivity index (χ4n) is 1.68. The Bertz CT molecular complexity index is 520. The minimum absolute atomic E-state index is 0.0267. The van der Waals surface area contributed by atoms with Crippen LogP contribution >= 0.6 is 0 Å². The van der Waals surface area contributed by atoms with E-state index in [4.69, 9.17) is 0 Å². The Balaban J connectivity index is 3.08. The molecule has 1 aromatic heterocycles. The summed E-state index contributed by atoms with van der Waals surface area (Å²) in [5.74, 6) is 0.164. The topological polar surface area (TPSA) is 95.1 Å². The molecule has 1 aromatic rings. The Morgan fingerprint density at radius 2 is 2.18 bits per heavy atom. The molecule has 0 aromatic carbocycles. The molecule has 0 saturated carbocycles. The maximum atomic E-state index is 11.5. The minimum Gasteiger partial charge on any atom is -0.358 e. The van der Waals surface area contributed by atoms with Gasteiger partial charge in [-0.3, -0.25) is 0 Å². The van der Waals surface area contributed by atoms with Crippen molar-refractivity contribution in [3.63, 3.8) is 0 Å². The molecule has 0 bridgehead atoms. The van der Waals surface area contributed by atoms with Gasteiger partial charge in [-0.15, -0.1) is 0 Å². The Labute approximate surface area is 99.5 Å². The van der Waals surface area contributed by atoms with Crippen molar-refractivity contribution in [2.45, 2.75) is 26.8 Å². The van der Waals surface area contributed by atoms with Gasteiger partial charge in [0, 0.05) is 12.7 Å². The predicted octanol–water partition coefficient (Wildman–Crippen LogP) is 1.10. The number of nitrogens with zero attached hydrogens (tertiary/aromatic N) is 3. The third-order valence-corrected chi connectivity index (χ3v) is 4.40. The van der Waals surface area contributed by atoms with Crippen LogP contribution in [0.5, 0.6) is 0 Å². The van der Waals surface area contributed by atoms with Crippen LogP contribution in [0.25, 0.3) is 0 Å². The number of aryl methyl sites for hydroxylation is 1. The van der Waals surface area contributed by atoms with Crippen molar-refractivity contribution in [1.82, 2.24) is 9.55 Å². The van der Waals surface area contributed by atoms with E-state index in [2.05, 4.69) is 4.98 Å². The number of rotatable bonds is 5. The molecular formula is C9H15N3O4S. The first-order chi connectivity index (χ1) is 7.78. The zero-order valence-corrected chi connectivity index (χ0v) is 10.8. The van der Waals surface area contributed by atoms with Gasteiger partial charge in [-0.1, -0.05) is 6.92 Å². The lowest BCUT2D eigenvalue weighted by Gasteiger charge is -2.11. The fourth-order valence-corrected chi connectivity index (χ4v) is 2.80. The van der Waals surface area contributed by atoms with Crippen molar-refractivity contribution in [1.29, 1.82) is 0 Å². The first kappa shape index (κ1) is 13.6. The standard InChI is InChI=1S/C9H15N3O4S/c1-4-17(15,16)6-7(2)11-8(3)10-5-9(11)12(13)14/h5,7H,4,6H2,1-3H3. The zero-order valence-electron chi connectivity index (χ0n) is 9.95. The van der Waals surface area contributed by atoms with Crippen molar-refractivity contribution in [3.05, 3.63) is 22.1 Å². The maximum Gasteiger partial charge on any atom is 0.343 e. The Morgan fingerprint density at radius 1 is 1.59 bits per heavy atom. The zero-order chi connectivity index (χ0) is 13.2. The summed E-state index contributed by atoms with van der Waals surface area (Å²) in [5, 5.41) is 10.8. The van der Waals surface area contributed by atoms with Gasteiger partial charge >= 0.3 is 5.82 Å². The second-order valence-electron chi connectivity index (χ2n) is 3.84. The highest BCUT2D eigenvalue weighted by Gasteiger charge is 2.26. The molecule has 0 aliphatic heterocycles. The van der Waals surface area contributed by atoms with Crippen molar-refractivity contribution in [2.24, 2.45) is 0 Å². The van der Waals surface area contributed by atoms with Gasteiger partial charge in [0.05, 0.1) is 5.75 Å². The SMILES string of the molecule is CCS(=O)(=O)CC(C)n1c([N+](=O)[O-])cnc1C. The molecule has 1 rings (SSSR count). The number of hydrogen-bond donors (Lipinski definition) is 0. The molecule has 0 amide bonds. The van der Waals surface area contributed by atoms with E-state index in [0.29, 0.717) is 5.82 Å². The van der Waals surface area contributed by atoms with Gasteiger partial charge in [-0.2, -0.15) is 0 Å². The highest BCUT2D eigenvalue weighted by atomic mass is 32.2. The van der Waals surface area contributed by atoms with E-state index in [9.17, 15) is 18.5 Å². The molecule has 1 heterocycles. The van der Waals surface area contributed by atoms with Crippen LogP contribution in [0.2, 0.25) is 0 Å². The molecule has 0 radical (unpaired) electrons. The van der Waals surface area contributed by atoms with Crippen molar-refractivity contribution in [3.8, 4) is 0 Å². The van der Waals surface area contributed by atoms with Crippen molar-refractivity contribution in [2.75, 3.05) is 11.5 Å². The molecule has 0 N–H and O–H groups in total. The van der Waals surface area contributed by atoms with Gasteiger partial charge < -0.3 is 10.1 Å². The number of sulfone groups is 1. The van der Waals surface area contributed by atoms with Gasteiger partial charge in [0.2, 0.25) is 0 Å². The number of aromatic nitrogens is 2. The number of hydrogen-bond acceptors (Lipinski definition) is 5. The van der Waals surface area contributed by atoms with Gasteiger partial charge in [-0.05, 0) is 11.8 Å². The smallest absolute Gasteiger partial charge is 0.343 e. The van der Waals surface area contributed by atoms with Crippen LogP contribution in [0.3, 0.4) is 0 Å². The number of nitro groups is 1. The molecule has 17 heavy (non-hydrogen) atoms. The summed E-state index contributed by atoms with van der Waals surface area (Å²) in [6.07, 6.45) is 1.14. The van der Waals surface area contributed by atoms with E-state index >= 15 is 0 Å². The highest BCUT2D eigenvalue weighted by Crippen LogP contribution is 2.21. The summed E-state index contributed by atoms with van der Waals surface area (Å²) in [6.45, 7) is 4.80. The third kappa shape index (κ3) is 3.02. The molecule has 0 aliphatic carbocycles. The summed E-state index contributed by atoms with van der Waals surface area (Å²) >= 11 is 0. The second-order valence-corrected chi connectivity index (χ2v) is 6.24. The monoisotopic (exact) mass is 261 g/mol. The maximum absolute atomic E-state index is 11.5.